The quantitative estimate of drug-likeness (QED) is 0.465. The molecule has 32 heavy (non-hydrogen) atoms. The monoisotopic (exact) mass is 427 g/mol. The Morgan fingerprint density at radius 1 is 1.09 bits per heavy atom. The second-order valence-electron chi connectivity index (χ2n) is 6.87. The first-order valence-electron chi connectivity index (χ1n) is 9.80. The van der Waals surface area contributed by atoms with Crippen molar-refractivity contribution >= 4 is 17.7 Å². The van der Waals surface area contributed by atoms with Crippen molar-refractivity contribution in [2.45, 2.75) is 6.42 Å². The van der Waals surface area contributed by atoms with Gasteiger partial charge in [-0.25, -0.2) is 4.98 Å². The molecule has 5 rings (SSSR count). The number of para-hydroxylation sites is 1. The number of anilines is 1. The van der Waals surface area contributed by atoms with E-state index in [2.05, 4.69) is 25.4 Å². The molecule has 0 unspecified atom stereocenters. The molecule has 0 bridgehead atoms. The highest BCUT2D eigenvalue weighted by atomic mass is 16.7. The summed E-state index contributed by atoms with van der Waals surface area (Å²) in [6, 6.07) is 12.9. The fraction of sp³-hybridized carbons (Fsp3) is 0.0870. The zero-order valence-electron chi connectivity index (χ0n) is 16.8. The van der Waals surface area contributed by atoms with Gasteiger partial charge in [-0.3, -0.25) is 9.78 Å². The van der Waals surface area contributed by atoms with Gasteiger partial charge < -0.3 is 19.3 Å². The van der Waals surface area contributed by atoms with Crippen molar-refractivity contribution in [2.75, 3.05) is 12.1 Å². The van der Waals surface area contributed by atoms with Crippen molar-refractivity contribution in [2.24, 2.45) is 0 Å². The Labute approximate surface area is 182 Å². The van der Waals surface area contributed by atoms with Crippen LogP contribution in [0.1, 0.15) is 17.0 Å². The number of amides is 1. The van der Waals surface area contributed by atoms with Gasteiger partial charge in [-0.15, -0.1) is 0 Å². The van der Waals surface area contributed by atoms with Gasteiger partial charge in [0, 0.05) is 24.2 Å². The summed E-state index contributed by atoms with van der Waals surface area (Å²) < 4.78 is 16.0. The summed E-state index contributed by atoms with van der Waals surface area (Å²) in [5.41, 5.74) is 2.86. The highest BCUT2D eigenvalue weighted by Crippen LogP contribution is 2.32. The van der Waals surface area contributed by atoms with Crippen molar-refractivity contribution in [1.29, 1.82) is 0 Å². The molecular formula is C23H17N5O4. The lowest BCUT2D eigenvalue weighted by molar-refractivity contribution is -0.111. The highest BCUT2D eigenvalue weighted by molar-refractivity contribution is 6.02. The molecule has 0 radical (unpaired) electrons. The Morgan fingerprint density at radius 3 is 2.91 bits per heavy atom. The minimum Gasteiger partial charge on any atom is -0.454 e. The Morgan fingerprint density at radius 2 is 2.00 bits per heavy atom. The molecule has 2 aromatic heterocycles. The number of benzene rings is 2. The normalized spacial score (nSPS) is 12.2. The Bertz CT molecular complexity index is 1290. The molecule has 1 aliphatic heterocycles. The first-order valence-corrected chi connectivity index (χ1v) is 9.80. The number of aromatic nitrogens is 4. The summed E-state index contributed by atoms with van der Waals surface area (Å²) in [5.74, 6) is 1.87. The predicted molar refractivity (Wildman–Crippen MR) is 115 cm³/mol. The molecule has 1 N–H and O–H groups in total. The van der Waals surface area contributed by atoms with Crippen LogP contribution in [-0.4, -0.2) is 32.8 Å². The van der Waals surface area contributed by atoms with Crippen molar-refractivity contribution in [3.05, 3.63) is 84.1 Å². The maximum atomic E-state index is 12.5. The Balaban J connectivity index is 1.27. The van der Waals surface area contributed by atoms with E-state index in [4.69, 9.17) is 14.0 Å². The largest absolute Gasteiger partial charge is 0.454 e. The average Bonchev–Trinajstić information content (AvgIpc) is 3.49. The van der Waals surface area contributed by atoms with Crippen LogP contribution in [0.3, 0.4) is 0 Å². The van der Waals surface area contributed by atoms with Crippen molar-refractivity contribution in [1.82, 2.24) is 20.1 Å². The summed E-state index contributed by atoms with van der Waals surface area (Å²) in [6.45, 7) is 0.208. The topological polar surface area (TPSA) is 112 Å². The van der Waals surface area contributed by atoms with Crippen LogP contribution in [0.4, 0.5) is 5.69 Å². The van der Waals surface area contributed by atoms with Crippen LogP contribution in [0, 0.1) is 0 Å². The molecule has 0 fully saturated rings. The third kappa shape index (κ3) is 4.31. The molecule has 0 aliphatic carbocycles. The molecule has 0 saturated carbocycles. The van der Waals surface area contributed by atoms with E-state index in [0.29, 0.717) is 41.0 Å². The minimum atomic E-state index is -0.263. The molecule has 1 aliphatic rings. The van der Waals surface area contributed by atoms with Gasteiger partial charge in [0.05, 0.1) is 12.6 Å². The lowest BCUT2D eigenvalue weighted by Gasteiger charge is -2.08. The van der Waals surface area contributed by atoms with Crippen LogP contribution in [0.2, 0.25) is 0 Å². The van der Waals surface area contributed by atoms with Crippen LogP contribution in [-0.2, 0) is 11.2 Å². The van der Waals surface area contributed by atoms with E-state index in [1.165, 1.54) is 6.08 Å². The number of fused-ring (bicyclic) bond motifs is 1. The Kier molecular flexibility index (Phi) is 5.27. The summed E-state index contributed by atoms with van der Waals surface area (Å²) in [7, 11) is 0. The summed E-state index contributed by atoms with van der Waals surface area (Å²) in [5, 5.41) is 6.85. The van der Waals surface area contributed by atoms with Crippen LogP contribution in [0.15, 0.2) is 71.7 Å². The number of ether oxygens (including phenoxy) is 2. The van der Waals surface area contributed by atoms with E-state index >= 15 is 0 Å². The van der Waals surface area contributed by atoms with Crippen molar-refractivity contribution in [3.63, 3.8) is 0 Å². The minimum absolute atomic E-state index is 0.208. The molecule has 158 valence electrons. The van der Waals surface area contributed by atoms with Gasteiger partial charge in [-0.2, -0.15) is 4.98 Å². The standard InChI is InChI=1S/C23H17N5O4/c29-21(8-6-15-5-7-19-20(11-15)31-14-30-19)26-17-4-2-1-3-16(17)12-22-27-23(28-32-22)18-13-24-9-10-25-18/h1-11,13H,12,14H2,(H,26,29). The smallest absolute Gasteiger partial charge is 0.248 e. The zero-order chi connectivity index (χ0) is 21.8. The maximum Gasteiger partial charge on any atom is 0.248 e. The molecule has 9 heteroatoms. The number of rotatable bonds is 6. The van der Waals surface area contributed by atoms with Crippen LogP contribution < -0.4 is 14.8 Å². The van der Waals surface area contributed by atoms with Crippen molar-refractivity contribution < 1.29 is 18.8 Å². The molecule has 3 heterocycles. The first-order chi connectivity index (χ1) is 15.7. The molecule has 2 aromatic carbocycles. The number of hydrogen-bond acceptors (Lipinski definition) is 8. The van der Waals surface area contributed by atoms with E-state index in [-0.39, 0.29) is 12.7 Å². The number of carbonyl (C=O) groups excluding carboxylic acids is 1. The fourth-order valence-electron chi connectivity index (χ4n) is 3.17. The van der Waals surface area contributed by atoms with E-state index in [9.17, 15) is 4.79 Å². The first kappa shape index (κ1) is 19.4. The summed E-state index contributed by atoms with van der Waals surface area (Å²) >= 11 is 0. The molecule has 0 spiro atoms. The van der Waals surface area contributed by atoms with Crippen LogP contribution >= 0.6 is 0 Å². The molecule has 0 atom stereocenters. The van der Waals surface area contributed by atoms with E-state index in [1.54, 1.807) is 24.7 Å². The van der Waals surface area contributed by atoms with Gasteiger partial charge in [-0.1, -0.05) is 29.4 Å². The second kappa shape index (κ2) is 8.68. The van der Waals surface area contributed by atoms with Gasteiger partial charge in [0.25, 0.3) is 0 Å². The third-order valence-electron chi connectivity index (χ3n) is 4.70. The maximum absolute atomic E-state index is 12.5. The summed E-state index contributed by atoms with van der Waals surface area (Å²) in [4.78, 5) is 25.0. The fourth-order valence-corrected chi connectivity index (χ4v) is 3.17. The average molecular weight is 427 g/mol. The third-order valence-corrected chi connectivity index (χ3v) is 4.70. The molecule has 4 aromatic rings. The van der Waals surface area contributed by atoms with E-state index in [1.807, 2.05) is 42.5 Å². The molecule has 9 nitrogen and oxygen atoms in total. The van der Waals surface area contributed by atoms with Gasteiger partial charge in [0.2, 0.25) is 24.4 Å². The zero-order valence-corrected chi connectivity index (χ0v) is 16.8. The number of carbonyl (C=O) groups is 1. The van der Waals surface area contributed by atoms with Crippen LogP contribution in [0.5, 0.6) is 11.5 Å². The van der Waals surface area contributed by atoms with Crippen LogP contribution in [0.25, 0.3) is 17.6 Å². The van der Waals surface area contributed by atoms with E-state index < -0.39 is 0 Å². The van der Waals surface area contributed by atoms with Gasteiger partial charge in [0.15, 0.2) is 11.5 Å². The second-order valence-corrected chi connectivity index (χ2v) is 6.87. The van der Waals surface area contributed by atoms with Gasteiger partial charge >= 0.3 is 0 Å². The number of nitrogens with zero attached hydrogens (tertiary/aromatic N) is 4. The predicted octanol–water partition coefficient (Wildman–Crippen LogP) is 3.50. The lowest BCUT2D eigenvalue weighted by atomic mass is 10.1. The molecular weight excluding hydrogens is 410 g/mol. The Hall–Kier alpha value is -4.53. The molecule has 0 saturated heterocycles. The van der Waals surface area contributed by atoms with Gasteiger partial charge in [0.1, 0.15) is 5.69 Å². The SMILES string of the molecule is O=C(C=Cc1ccc2c(c1)OCO2)Nc1ccccc1Cc1nc(-c2cnccn2)no1. The number of hydrogen-bond donors (Lipinski definition) is 1. The lowest BCUT2D eigenvalue weighted by Crippen LogP contribution is -2.10. The van der Waals surface area contributed by atoms with Gasteiger partial charge in [-0.05, 0) is 35.4 Å². The van der Waals surface area contributed by atoms with Crippen molar-refractivity contribution in [3.8, 4) is 23.0 Å². The molecule has 1 amide bonds. The van der Waals surface area contributed by atoms with E-state index in [0.717, 1.165) is 11.1 Å². The summed E-state index contributed by atoms with van der Waals surface area (Å²) in [6.07, 6.45) is 8.24. The number of nitrogens with one attached hydrogen (secondary N) is 1. The highest BCUT2D eigenvalue weighted by Gasteiger charge is 2.14.